The molecule has 7 nitrogen and oxygen atoms in total. The Labute approximate surface area is 130 Å². The summed E-state index contributed by atoms with van der Waals surface area (Å²) in [4.78, 5) is 4.18. The number of rotatable bonds is 2. The van der Waals surface area contributed by atoms with Crippen LogP contribution in [0, 0.1) is 6.92 Å². The predicted molar refractivity (Wildman–Crippen MR) is 77.0 cm³/mol. The minimum atomic E-state index is -0.0799. The third-order valence-corrected chi connectivity index (χ3v) is 3.82. The normalized spacial score (nSPS) is 17.5. The number of hydrogen-bond donors (Lipinski definition) is 0. The fraction of sp³-hybridized carbons (Fsp3) is 0.286. The Kier molecular flexibility index (Phi) is 3.16. The summed E-state index contributed by atoms with van der Waals surface area (Å²) < 4.78 is 12.9. The Morgan fingerprint density at radius 1 is 1.27 bits per heavy atom. The molecule has 3 heterocycles. The Morgan fingerprint density at radius 3 is 2.82 bits per heavy atom. The molecule has 1 aromatic carbocycles. The van der Waals surface area contributed by atoms with Gasteiger partial charge in [-0.1, -0.05) is 34.1 Å². The van der Waals surface area contributed by atoms with Crippen LogP contribution in [-0.4, -0.2) is 25.1 Å². The van der Waals surface area contributed by atoms with Crippen molar-refractivity contribution < 1.29 is 9.26 Å². The number of aromatic nitrogens is 5. The van der Waals surface area contributed by atoms with Crippen LogP contribution in [-0.2, 0) is 17.9 Å². The van der Waals surface area contributed by atoms with E-state index in [0.717, 1.165) is 11.3 Å². The first kappa shape index (κ1) is 13.4. The fourth-order valence-electron chi connectivity index (χ4n) is 2.45. The standard InChI is InChI=1S/C14H12ClN5O2/c1-8-16-14(22-18-8)13-11-7-21-12(6-20(11)19-17-13)9-2-4-10(15)5-3-9/h2-5,12H,6-7H2,1H3. The van der Waals surface area contributed by atoms with Gasteiger partial charge in [0.2, 0.25) is 0 Å². The van der Waals surface area contributed by atoms with E-state index >= 15 is 0 Å². The first-order chi connectivity index (χ1) is 10.7. The van der Waals surface area contributed by atoms with E-state index in [1.54, 1.807) is 6.92 Å². The highest BCUT2D eigenvalue weighted by molar-refractivity contribution is 6.30. The second-order valence-corrected chi connectivity index (χ2v) is 5.50. The van der Waals surface area contributed by atoms with Gasteiger partial charge in [0.1, 0.15) is 6.10 Å². The average molecular weight is 318 g/mol. The summed E-state index contributed by atoms with van der Waals surface area (Å²) in [7, 11) is 0. The molecule has 0 fully saturated rings. The van der Waals surface area contributed by atoms with Crippen LogP contribution in [0.15, 0.2) is 28.8 Å². The highest BCUT2D eigenvalue weighted by Gasteiger charge is 2.27. The highest BCUT2D eigenvalue weighted by Crippen LogP contribution is 2.30. The summed E-state index contributed by atoms with van der Waals surface area (Å²) in [5.41, 5.74) is 2.48. The molecular formula is C14H12ClN5O2. The van der Waals surface area contributed by atoms with Crippen molar-refractivity contribution in [3.05, 3.63) is 46.4 Å². The molecule has 0 bridgehead atoms. The van der Waals surface area contributed by atoms with Crippen LogP contribution >= 0.6 is 11.6 Å². The van der Waals surface area contributed by atoms with Gasteiger partial charge in [-0.2, -0.15) is 4.98 Å². The largest absolute Gasteiger partial charge is 0.365 e. The molecule has 0 saturated carbocycles. The van der Waals surface area contributed by atoms with Gasteiger partial charge >= 0.3 is 0 Å². The molecule has 4 rings (SSSR count). The molecule has 0 radical (unpaired) electrons. The van der Waals surface area contributed by atoms with Crippen molar-refractivity contribution in [2.45, 2.75) is 26.2 Å². The SMILES string of the molecule is Cc1noc(-c2nnn3c2COC(c2ccc(Cl)cc2)C3)n1. The Bertz CT molecular complexity index is 811. The molecule has 0 spiro atoms. The van der Waals surface area contributed by atoms with E-state index in [1.165, 1.54) is 0 Å². The van der Waals surface area contributed by atoms with Crippen LogP contribution in [0.4, 0.5) is 0 Å². The lowest BCUT2D eigenvalue weighted by atomic mass is 10.1. The van der Waals surface area contributed by atoms with Crippen LogP contribution in [0.25, 0.3) is 11.6 Å². The van der Waals surface area contributed by atoms with Gasteiger partial charge in [-0.15, -0.1) is 5.10 Å². The quantitative estimate of drug-likeness (QED) is 0.722. The number of nitrogens with zero attached hydrogens (tertiary/aromatic N) is 5. The molecule has 22 heavy (non-hydrogen) atoms. The second-order valence-electron chi connectivity index (χ2n) is 5.06. The fourth-order valence-corrected chi connectivity index (χ4v) is 2.58. The molecule has 3 aromatic rings. The topological polar surface area (TPSA) is 78.9 Å². The van der Waals surface area contributed by atoms with Crippen LogP contribution < -0.4 is 0 Å². The van der Waals surface area contributed by atoms with Gasteiger partial charge in [-0.05, 0) is 24.6 Å². The van der Waals surface area contributed by atoms with Crippen molar-refractivity contribution in [3.63, 3.8) is 0 Å². The molecule has 0 N–H and O–H groups in total. The monoisotopic (exact) mass is 317 g/mol. The van der Waals surface area contributed by atoms with Crippen molar-refractivity contribution in [3.8, 4) is 11.6 Å². The van der Waals surface area contributed by atoms with E-state index < -0.39 is 0 Å². The average Bonchev–Trinajstić information content (AvgIpc) is 3.13. The summed E-state index contributed by atoms with van der Waals surface area (Å²) >= 11 is 5.91. The van der Waals surface area contributed by atoms with Crippen molar-refractivity contribution >= 4 is 11.6 Å². The first-order valence-corrected chi connectivity index (χ1v) is 7.18. The third kappa shape index (κ3) is 2.28. The Morgan fingerprint density at radius 2 is 2.09 bits per heavy atom. The smallest absolute Gasteiger partial charge is 0.280 e. The van der Waals surface area contributed by atoms with Crippen molar-refractivity contribution in [1.82, 2.24) is 25.1 Å². The lowest BCUT2D eigenvalue weighted by Gasteiger charge is -2.24. The summed E-state index contributed by atoms with van der Waals surface area (Å²) in [5, 5.41) is 12.8. The van der Waals surface area contributed by atoms with Gasteiger partial charge in [-0.3, -0.25) is 0 Å². The Hall–Kier alpha value is -2.25. The van der Waals surface area contributed by atoms with E-state index in [1.807, 2.05) is 28.9 Å². The lowest BCUT2D eigenvalue weighted by Crippen LogP contribution is -2.22. The molecule has 0 saturated heterocycles. The molecule has 1 aliphatic heterocycles. The number of fused-ring (bicyclic) bond motifs is 1. The second kappa shape index (κ2) is 5.19. The van der Waals surface area contributed by atoms with E-state index in [9.17, 15) is 0 Å². The van der Waals surface area contributed by atoms with Crippen molar-refractivity contribution in [1.29, 1.82) is 0 Å². The molecule has 2 aromatic heterocycles. The summed E-state index contributed by atoms with van der Waals surface area (Å²) in [6.45, 7) is 2.73. The number of aryl methyl sites for hydroxylation is 1. The van der Waals surface area contributed by atoms with Crippen LogP contribution in [0.1, 0.15) is 23.2 Å². The van der Waals surface area contributed by atoms with E-state index in [-0.39, 0.29) is 6.10 Å². The summed E-state index contributed by atoms with van der Waals surface area (Å²) in [5.74, 6) is 0.930. The Balaban J connectivity index is 1.62. The first-order valence-electron chi connectivity index (χ1n) is 6.81. The minimum absolute atomic E-state index is 0.0799. The summed E-state index contributed by atoms with van der Waals surface area (Å²) in [6.07, 6.45) is -0.0799. The van der Waals surface area contributed by atoms with Gasteiger partial charge in [0, 0.05) is 5.02 Å². The maximum absolute atomic E-state index is 5.92. The maximum Gasteiger partial charge on any atom is 0.280 e. The molecule has 0 amide bonds. The highest BCUT2D eigenvalue weighted by atomic mass is 35.5. The van der Waals surface area contributed by atoms with Gasteiger partial charge in [0.05, 0.1) is 18.8 Å². The van der Waals surface area contributed by atoms with E-state index in [4.69, 9.17) is 20.9 Å². The maximum atomic E-state index is 5.92. The van der Waals surface area contributed by atoms with Gasteiger partial charge in [-0.25, -0.2) is 4.68 Å². The molecule has 1 unspecified atom stereocenters. The summed E-state index contributed by atoms with van der Waals surface area (Å²) in [6, 6.07) is 7.61. The van der Waals surface area contributed by atoms with Gasteiger partial charge < -0.3 is 9.26 Å². The molecule has 1 aliphatic rings. The number of benzene rings is 1. The van der Waals surface area contributed by atoms with Gasteiger partial charge in [0.15, 0.2) is 11.5 Å². The van der Waals surface area contributed by atoms with Crippen LogP contribution in [0.2, 0.25) is 5.02 Å². The lowest BCUT2D eigenvalue weighted by molar-refractivity contribution is -0.00117. The van der Waals surface area contributed by atoms with Gasteiger partial charge in [0.25, 0.3) is 5.89 Å². The minimum Gasteiger partial charge on any atom is -0.365 e. The molecule has 0 aliphatic carbocycles. The number of halogens is 1. The van der Waals surface area contributed by atoms with E-state index in [0.29, 0.717) is 35.6 Å². The number of hydrogen-bond acceptors (Lipinski definition) is 6. The van der Waals surface area contributed by atoms with Crippen molar-refractivity contribution in [2.75, 3.05) is 0 Å². The van der Waals surface area contributed by atoms with Crippen LogP contribution in [0.5, 0.6) is 0 Å². The van der Waals surface area contributed by atoms with Crippen LogP contribution in [0.3, 0.4) is 0 Å². The molecule has 8 heteroatoms. The van der Waals surface area contributed by atoms with Crippen molar-refractivity contribution in [2.24, 2.45) is 0 Å². The van der Waals surface area contributed by atoms with E-state index in [2.05, 4.69) is 20.5 Å². The molecular weight excluding hydrogens is 306 g/mol. The number of ether oxygens (including phenoxy) is 1. The predicted octanol–water partition coefficient (Wildman–Crippen LogP) is 2.56. The zero-order valence-corrected chi connectivity index (χ0v) is 12.5. The third-order valence-electron chi connectivity index (χ3n) is 3.57. The zero-order valence-electron chi connectivity index (χ0n) is 11.7. The molecule has 112 valence electrons. The molecule has 1 atom stereocenters. The zero-order chi connectivity index (χ0) is 15.1.